The van der Waals surface area contributed by atoms with E-state index in [0.717, 1.165) is 44.3 Å². The van der Waals surface area contributed by atoms with Crippen molar-refractivity contribution in [1.29, 1.82) is 0 Å². The van der Waals surface area contributed by atoms with E-state index in [0.29, 0.717) is 44.1 Å². The van der Waals surface area contributed by atoms with Gasteiger partial charge in [0.1, 0.15) is 25.1 Å². The van der Waals surface area contributed by atoms with E-state index in [1.165, 1.54) is 19.3 Å². The molecule has 0 aromatic heterocycles. The van der Waals surface area contributed by atoms with Crippen LogP contribution in [-0.2, 0) is 14.3 Å². The molecule has 1 aromatic carbocycles. The Balaban J connectivity index is 1.78. The van der Waals surface area contributed by atoms with Gasteiger partial charge in [0, 0.05) is 25.3 Å². The van der Waals surface area contributed by atoms with Gasteiger partial charge in [-0.05, 0) is 57.0 Å². The lowest BCUT2D eigenvalue weighted by molar-refractivity contribution is -0.121. The zero-order valence-electron chi connectivity index (χ0n) is 20.9. The first-order valence-corrected chi connectivity index (χ1v) is 13.1. The number of carbonyl (C=O) groups is 2. The van der Waals surface area contributed by atoms with Crippen LogP contribution in [0, 0.1) is 5.92 Å². The van der Waals surface area contributed by atoms with Crippen LogP contribution in [0.25, 0.3) is 0 Å². The Morgan fingerprint density at radius 1 is 1.00 bits per heavy atom. The molecule has 2 aliphatic heterocycles. The van der Waals surface area contributed by atoms with Crippen LogP contribution in [-0.4, -0.2) is 56.3 Å². The molecule has 0 bridgehead atoms. The highest BCUT2D eigenvalue weighted by molar-refractivity contribution is 5.78. The van der Waals surface area contributed by atoms with Crippen molar-refractivity contribution in [2.75, 3.05) is 39.5 Å². The summed E-state index contributed by atoms with van der Waals surface area (Å²) >= 11 is 0. The molecule has 0 amide bonds. The summed E-state index contributed by atoms with van der Waals surface area (Å²) in [5.41, 5.74) is 0.803. The average molecular weight is 476 g/mol. The third-order valence-electron chi connectivity index (χ3n) is 6.55. The number of Topliss-reactive ketones (excluding diaryl/α,β-unsaturated/α-hetero) is 1. The van der Waals surface area contributed by atoms with Gasteiger partial charge in [0.05, 0.1) is 6.61 Å². The summed E-state index contributed by atoms with van der Waals surface area (Å²) < 4.78 is 22.4. The van der Waals surface area contributed by atoms with Crippen LogP contribution in [0.2, 0.25) is 0 Å². The van der Waals surface area contributed by atoms with Gasteiger partial charge in [-0.15, -0.1) is 0 Å². The minimum absolute atomic E-state index is 0.159. The lowest BCUT2D eigenvalue weighted by Crippen LogP contribution is -2.33. The Bertz CT molecular complexity index is 776. The number of hydrogen-bond acceptors (Lipinski definition) is 7. The molecule has 190 valence electrons. The zero-order valence-corrected chi connectivity index (χ0v) is 20.9. The molecule has 7 nitrogen and oxygen atoms in total. The van der Waals surface area contributed by atoms with Gasteiger partial charge in [-0.25, -0.2) is 4.79 Å². The van der Waals surface area contributed by atoms with E-state index in [-0.39, 0.29) is 18.3 Å². The number of ether oxygens (including phenoxy) is 4. The smallest absolute Gasteiger partial charge is 0.486 e. The maximum Gasteiger partial charge on any atom is 0.508 e. The molecular formula is C27H41NO6. The van der Waals surface area contributed by atoms with Crippen molar-refractivity contribution >= 4 is 11.9 Å². The molecule has 0 unspecified atom stereocenters. The van der Waals surface area contributed by atoms with E-state index in [1.807, 2.05) is 18.2 Å². The first kappa shape index (κ1) is 26.3. The minimum Gasteiger partial charge on any atom is -0.486 e. The normalized spacial score (nSPS) is 17.2. The van der Waals surface area contributed by atoms with Crippen molar-refractivity contribution in [3.8, 4) is 11.5 Å². The van der Waals surface area contributed by atoms with E-state index >= 15 is 0 Å². The van der Waals surface area contributed by atoms with Gasteiger partial charge in [-0.2, -0.15) is 0 Å². The topological polar surface area (TPSA) is 74.3 Å². The Kier molecular flexibility index (Phi) is 11.0. The number of unbranched alkanes of at least 4 members (excludes halogenated alkanes) is 4. The first-order valence-electron chi connectivity index (χ1n) is 13.1. The summed E-state index contributed by atoms with van der Waals surface area (Å²) in [5, 5.41) is 0. The zero-order chi connectivity index (χ0) is 24.2. The summed E-state index contributed by atoms with van der Waals surface area (Å²) in [4.78, 5) is 27.8. The predicted octanol–water partition coefficient (Wildman–Crippen LogP) is 5.70. The van der Waals surface area contributed by atoms with Crippen molar-refractivity contribution in [1.82, 2.24) is 4.90 Å². The van der Waals surface area contributed by atoms with Crippen molar-refractivity contribution in [3.63, 3.8) is 0 Å². The van der Waals surface area contributed by atoms with Gasteiger partial charge in [0.15, 0.2) is 11.5 Å². The van der Waals surface area contributed by atoms with Gasteiger partial charge in [0.2, 0.25) is 0 Å². The highest BCUT2D eigenvalue weighted by Gasteiger charge is 2.32. The molecule has 2 atom stereocenters. The summed E-state index contributed by atoms with van der Waals surface area (Å²) in [6, 6.07) is 5.64. The fourth-order valence-electron chi connectivity index (χ4n) is 4.81. The van der Waals surface area contributed by atoms with Crippen LogP contribution in [0.1, 0.15) is 83.3 Å². The van der Waals surface area contributed by atoms with Crippen LogP contribution in [0.5, 0.6) is 11.5 Å². The van der Waals surface area contributed by atoms with Gasteiger partial charge in [-0.1, -0.05) is 38.7 Å². The second-order valence-electron chi connectivity index (χ2n) is 9.30. The number of fused-ring (bicyclic) bond motifs is 1. The quantitative estimate of drug-likeness (QED) is 0.252. The van der Waals surface area contributed by atoms with Gasteiger partial charge >= 0.3 is 6.16 Å². The highest BCUT2D eigenvalue weighted by Crippen LogP contribution is 2.38. The summed E-state index contributed by atoms with van der Waals surface area (Å²) in [7, 11) is 0. The molecule has 0 spiro atoms. The third-order valence-corrected chi connectivity index (χ3v) is 6.55. The molecule has 1 saturated heterocycles. The number of rotatable bonds is 14. The Hall–Kier alpha value is -2.28. The summed E-state index contributed by atoms with van der Waals surface area (Å²) in [5.74, 6) is 1.40. The van der Waals surface area contributed by atoms with Crippen molar-refractivity contribution in [3.05, 3.63) is 23.8 Å². The molecule has 34 heavy (non-hydrogen) atoms. The lowest BCUT2D eigenvalue weighted by Gasteiger charge is -2.31. The Labute approximate surface area is 204 Å². The van der Waals surface area contributed by atoms with E-state index in [1.54, 1.807) is 6.92 Å². The maximum atomic E-state index is 13.0. The van der Waals surface area contributed by atoms with Crippen molar-refractivity contribution < 1.29 is 28.5 Å². The highest BCUT2D eigenvalue weighted by atomic mass is 16.7. The van der Waals surface area contributed by atoms with Gasteiger partial charge < -0.3 is 23.8 Å². The van der Waals surface area contributed by atoms with Crippen LogP contribution >= 0.6 is 0 Å². The molecule has 0 radical (unpaired) electrons. The molecule has 2 heterocycles. The SMILES string of the molecule is CCCCCCCC(=O)C[C@H](CN1CCCC1)[C@H](OC(=O)OCC)c1ccc2c(c1)OCCO2. The molecular weight excluding hydrogens is 434 g/mol. The van der Waals surface area contributed by atoms with Crippen LogP contribution in [0.15, 0.2) is 18.2 Å². The summed E-state index contributed by atoms with van der Waals surface area (Å²) in [6.07, 6.45) is 7.55. The number of ketones is 1. The molecule has 0 saturated carbocycles. The minimum atomic E-state index is -0.708. The number of benzene rings is 1. The number of carbonyl (C=O) groups excluding carboxylic acids is 2. The third kappa shape index (κ3) is 8.19. The molecule has 0 N–H and O–H groups in total. The predicted molar refractivity (Wildman–Crippen MR) is 130 cm³/mol. The molecule has 0 aliphatic carbocycles. The monoisotopic (exact) mass is 475 g/mol. The van der Waals surface area contributed by atoms with E-state index < -0.39 is 12.3 Å². The standard InChI is InChI=1S/C27H41NO6/c1-3-5-6-7-8-11-23(29)18-22(20-28-14-9-10-15-28)26(34-27(30)31-4-2)21-12-13-24-25(19-21)33-17-16-32-24/h12-13,19,22,26H,3-11,14-18,20H2,1-2H3/t22-,26-/m1/s1. The first-order chi connectivity index (χ1) is 16.6. The van der Waals surface area contributed by atoms with Crippen LogP contribution in [0.4, 0.5) is 4.79 Å². The molecule has 3 rings (SSSR count). The average Bonchev–Trinajstić information content (AvgIpc) is 3.35. The van der Waals surface area contributed by atoms with Crippen molar-refractivity contribution in [2.45, 2.75) is 77.7 Å². The molecule has 1 aromatic rings. The Morgan fingerprint density at radius 2 is 1.74 bits per heavy atom. The molecule has 2 aliphatic rings. The fraction of sp³-hybridized carbons (Fsp3) is 0.704. The second kappa shape index (κ2) is 14.2. The van der Waals surface area contributed by atoms with E-state index in [2.05, 4.69) is 11.8 Å². The van der Waals surface area contributed by atoms with E-state index in [4.69, 9.17) is 18.9 Å². The van der Waals surface area contributed by atoms with Crippen LogP contribution < -0.4 is 9.47 Å². The Morgan fingerprint density at radius 3 is 2.47 bits per heavy atom. The number of likely N-dealkylation sites (tertiary alicyclic amines) is 1. The lowest BCUT2D eigenvalue weighted by atomic mass is 9.89. The summed E-state index contributed by atoms with van der Waals surface area (Å²) in [6.45, 7) is 7.90. The molecule has 7 heteroatoms. The second-order valence-corrected chi connectivity index (χ2v) is 9.30. The number of nitrogens with zero attached hydrogens (tertiary/aromatic N) is 1. The van der Waals surface area contributed by atoms with E-state index in [9.17, 15) is 9.59 Å². The van der Waals surface area contributed by atoms with Crippen LogP contribution in [0.3, 0.4) is 0 Å². The largest absolute Gasteiger partial charge is 0.508 e. The maximum absolute atomic E-state index is 13.0. The van der Waals surface area contributed by atoms with Gasteiger partial charge in [0.25, 0.3) is 0 Å². The number of hydrogen-bond donors (Lipinski definition) is 0. The fourth-order valence-corrected chi connectivity index (χ4v) is 4.81. The van der Waals surface area contributed by atoms with Gasteiger partial charge in [-0.3, -0.25) is 4.79 Å². The molecule has 1 fully saturated rings. The van der Waals surface area contributed by atoms with Crippen molar-refractivity contribution in [2.24, 2.45) is 5.92 Å².